The van der Waals surface area contributed by atoms with E-state index in [1.54, 1.807) is 6.07 Å². The summed E-state index contributed by atoms with van der Waals surface area (Å²) < 4.78 is 0. The summed E-state index contributed by atoms with van der Waals surface area (Å²) in [6, 6.07) is 18.2. The fourth-order valence-corrected chi connectivity index (χ4v) is 3.21. The van der Waals surface area contributed by atoms with E-state index in [0.29, 0.717) is 25.2 Å². The Kier molecular flexibility index (Phi) is 5.60. The third kappa shape index (κ3) is 4.42. The minimum Gasteiger partial charge on any atom is -0.390 e. The second kappa shape index (κ2) is 8.07. The van der Waals surface area contributed by atoms with Crippen LogP contribution in [0, 0.1) is 11.3 Å². The van der Waals surface area contributed by atoms with Crippen LogP contribution in [0.2, 0.25) is 0 Å². The van der Waals surface area contributed by atoms with E-state index in [-0.39, 0.29) is 0 Å². The van der Waals surface area contributed by atoms with Crippen LogP contribution in [0.15, 0.2) is 48.5 Å². The number of nitriles is 1. The molecule has 0 bridgehead atoms. The summed E-state index contributed by atoms with van der Waals surface area (Å²) in [7, 11) is 0. The molecule has 0 saturated heterocycles. The second-order valence-electron chi connectivity index (χ2n) is 6.35. The molecule has 1 aliphatic rings. The van der Waals surface area contributed by atoms with Gasteiger partial charge < -0.3 is 10.4 Å². The van der Waals surface area contributed by atoms with Crippen LogP contribution in [0.3, 0.4) is 0 Å². The van der Waals surface area contributed by atoms with Crippen LogP contribution < -0.4 is 5.32 Å². The van der Waals surface area contributed by atoms with Crippen LogP contribution in [0.5, 0.6) is 0 Å². The number of nitrogens with zero attached hydrogens (tertiary/aromatic N) is 2. The Bertz CT molecular complexity index is 723. The standard InChI is InChI=1S/C20H23N3O/c21-11-16-4-3-5-17(10-16)12-22-13-20(24)15-23-9-8-18-6-1-2-7-19(18)14-23/h1-7,10,20,22,24H,8-9,12-15H2. The lowest BCUT2D eigenvalue weighted by Crippen LogP contribution is -2.40. The van der Waals surface area contributed by atoms with E-state index in [1.165, 1.54) is 11.1 Å². The minimum atomic E-state index is -0.394. The van der Waals surface area contributed by atoms with Gasteiger partial charge in [0.1, 0.15) is 0 Å². The molecule has 0 radical (unpaired) electrons. The number of aliphatic hydroxyl groups is 1. The summed E-state index contributed by atoms with van der Waals surface area (Å²) in [5, 5.41) is 22.5. The lowest BCUT2D eigenvalue weighted by molar-refractivity contribution is 0.104. The molecule has 4 heteroatoms. The first-order chi connectivity index (χ1) is 11.7. The smallest absolute Gasteiger partial charge is 0.0991 e. The van der Waals surface area contributed by atoms with Crippen molar-refractivity contribution in [2.45, 2.75) is 25.6 Å². The minimum absolute atomic E-state index is 0.394. The van der Waals surface area contributed by atoms with E-state index in [1.807, 2.05) is 18.2 Å². The fraction of sp³-hybridized carbons (Fsp3) is 0.350. The molecule has 124 valence electrons. The van der Waals surface area contributed by atoms with Crippen molar-refractivity contribution in [3.8, 4) is 6.07 Å². The van der Waals surface area contributed by atoms with Gasteiger partial charge in [0.2, 0.25) is 0 Å². The van der Waals surface area contributed by atoms with Gasteiger partial charge in [0.25, 0.3) is 0 Å². The monoisotopic (exact) mass is 321 g/mol. The van der Waals surface area contributed by atoms with Crippen molar-refractivity contribution in [3.63, 3.8) is 0 Å². The molecule has 1 atom stereocenters. The number of rotatable bonds is 6. The van der Waals surface area contributed by atoms with Crippen molar-refractivity contribution in [2.75, 3.05) is 19.6 Å². The van der Waals surface area contributed by atoms with Crippen molar-refractivity contribution in [2.24, 2.45) is 0 Å². The maximum absolute atomic E-state index is 10.3. The predicted octanol–water partition coefficient (Wildman–Crippen LogP) is 2.07. The van der Waals surface area contributed by atoms with Gasteiger partial charge >= 0.3 is 0 Å². The second-order valence-corrected chi connectivity index (χ2v) is 6.35. The summed E-state index contributed by atoms with van der Waals surface area (Å²) in [6.07, 6.45) is 0.659. The van der Waals surface area contributed by atoms with Gasteiger partial charge in [-0.3, -0.25) is 4.90 Å². The molecule has 0 amide bonds. The van der Waals surface area contributed by atoms with Gasteiger partial charge in [0, 0.05) is 32.7 Å². The Morgan fingerprint density at radius 2 is 2.00 bits per heavy atom. The Hall–Kier alpha value is -2.19. The molecule has 0 saturated carbocycles. The van der Waals surface area contributed by atoms with Crippen LogP contribution in [-0.4, -0.2) is 35.7 Å². The summed E-state index contributed by atoms with van der Waals surface area (Å²) in [4.78, 5) is 2.31. The molecule has 3 rings (SSSR count). The van der Waals surface area contributed by atoms with E-state index in [9.17, 15) is 5.11 Å². The first-order valence-corrected chi connectivity index (χ1v) is 8.41. The van der Waals surface area contributed by atoms with Crippen molar-refractivity contribution in [3.05, 3.63) is 70.8 Å². The molecule has 0 spiro atoms. The summed E-state index contributed by atoms with van der Waals surface area (Å²) in [6.45, 7) is 3.81. The van der Waals surface area contributed by atoms with E-state index in [4.69, 9.17) is 5.26 Å². The highest BCUT2D eigenvalue weighted by Gasteiger charge is 2.18. The number of fused-ring (bicyclic) bond motifs is 1. The molecular weight excluding hydrogens is 298 g/mol. The molecule has 1 heterocycles. The topological polar surface area (TPSA) is 59.3 Å². The molecule has 0 aromatic heterocycles. The zero-order valence-corrected chi connectivity index (χ0v) is 13.8. The summed E-state index contributed by atoms with van der Waals surface area (Å²) >= 11 is 0. The number of hydrogen-bond donors (Lipinski definition) is 2. The molecule has 4 nitrogen and oxygen atoms in total. The number of hydrogen-bond acceptors (Lipinski definition) is 4. The number of aliphatic hydroxyl groups excluding tert-OH is 1. The van der Waals surface area contributed by atoms with E-state index < -0.39 is 6.10 Å². The van der Waals surface area contributed by atoms with E-state index >= 15 is 0 Å². The average molecular weight is 321 g/mol. The molecule has 1 aliphatic heterocycles. The number of nitrogens with one attached hydrogen (secondary N) is 1. The molecule has 2 N–H and O–H groups in total. The van der Waals surface area contributed by atoms with Gasteiger partial charge in [0.15, 0.2) is 0 Å². The van der Waals surface area contributed by atoms with Gasteiger partial charge in [-0.1, -0.05) is 36.4 Å². The third-order valence-electron chi connectivity index (χ3n) is 4.44. The Morgan fingerprint density at radius 3 is 2.83 bits per heavy atom. The fourth-order valence-electron chi connectivity index (χ4n) is 3.21. The van der Waals surface area contributed by atoms with Crippen LogP contribution in [0.1, 0.15) is 22.3 Å². The van der Waals surface area contributed by atoms with E-state index in [0.717, 1.165) is 25.1 Å². The summed E-state index contributed by atoms with van der Waals surface area (Å²) in [5.74, 6) is 0. The first kappa shape index (κ1) is 16.7. The highest BCUT2D eigenvalue weighted by atomic mass is 16.3. The molecule has 0 fully saturated rings. The third-order valence-corrected chi connectivity index (χ3v) is 4.44. The zero-order chi connectivity index (χ0) is 16.8. The van der Waals surface area contributed by atoms with Crippen molar-refractivity contribution in [1.29, 1.82) is 5.26 Å². The van der Waals surface area contributed by atoms with Crippen molar-refractivity contribution >= 4 is 0 Å². The molecule has 2 aromatic carbocycles. The Labute approximate surface area is 143 Å². The van der Waals surface area contributed by atoms with E-state index in [2.05, 4.69) is 40.6 Å². The predicted molar refractivity (Wildman–Crippen MR) is 94.3 cm³/mol. The molecule has 2 aromatic rings. The van der Waals surface area contributed by atoms with Gasteiger partial charge in [-0.05, 0) is 35.2 Å². The SMILES string of the molecule is N#Cc1cccc(CNCC(O)CN2CCc3ccccc3C2)c1. The van der Waals surface area contributed by atoms with Gasteiger partial charge in [-0.2, -0.15) is 5.26 Å². The lowest BCUT2D eigenvalue weighted by Gasteiger charge is -2.30. The maximum Gasteiger partial charge on any atom is 0.0991 e. The first-order valence-electron chi connectivity index (χ1n) is 8.41. The van der Waals surface area contributed by atoms with Gasteiger partial charge in [-0.25, -0.2) is 0 Å². The Morgan fingerprint density at radius 1 is 1.17 bits per heavy atom. The van der Waals surface area contributed by atoms with Crippen LogP contribution >= 0.6 is 0 Å². The average Bonchev–Trinajstić information content (AvgIpc) is 2.62. The molecule has 1 unspecified atom stereocenters. The quantitative estimate of drug-likeness (QED) is 0.855. The van der Waals surface area contributed by atoms with Crippen LogP contribution in [-0.2, 0) is 19.5 Å². The van der Waals surface area contributed by atoms with Gasteiger partial charge in [0.05, 0.1) is 17.7 Å². The molecular formula is C20H23N3O. The normalized spacial score (nSPS) is 15.5. The van der Waals surface area contributed by atoms with Crippen molar-refractivity contribution < 1.29 is 5.11 Å². The largest absolute Gasteiger partial charge is 0.390 e. The maximum atomic E-state index is 10.3. The highest BCUT2D eigenvalue weighted by Crippen LogP contribution is 2.18. The van der Waals surface area contributed by atoms with Crippen LogP contribution in [0.25, 0.3) is 0 Å². The zero-order valence-electron chi connectivity index (χ0n) is 13.8. The lowest BCUT2D eigenvalue weighted by atomic mass is 10.00. The van der Waals surface area contributed by atoms with Gasteiger partial charge in [-0.15, -0.1) is 0 Å². The molecule has 0 aliphatic carbocycles. The number of benzene rings is 2. The number of β-amino-alcohol motifs (C(OH)–C–C–N with tert-alkyl or cyclic N) is 1. The Balaban J connectivity index is 1.43. The highest BCUT2D eigenvalue weighted by molar-refractivity contribution is 5.32. The molecule has 24 heavy (non-hydrogen) atoms. The van der Waals surface area contributed by atoms with Crippen molar-refractivity contribution in [1.82, 2.24) is 10.2 Å². The van der Waals surface area contributed by atoms with Crippen LogP contribution in [0.4, 0.5) is 0 Å². The summed E-state index contributed by atoms with van der Waals surface area (Å²) in [5.41, 5.74) is 4.53.